The second-order valence-corrected chi connectivity index (χ2v) is 5.48. The Morgan fingerprint density at radius 2 is 1.81 bits per heavy atom. The smallest absolute Gasteiger partial charge is 0.343 e. The molecule has 6 heteroatoms. The van der Waals surface area contributed by atoms with Crippen molar-refractivity contribution in [2.75, 3.05) is 7.11 Å². The molecular weight excluding hydrogens is 332 g/mol. The highest BCUT2D eigenvalue weighted by Gasteiger charge is 2.13. The van der Waals surface area contributed by atoms with E-state index in [9.17, 15) is 4.79 Å². The van der Waals surface area contributed by atoms with Crippen molar-refractivity contribution in [3.63, 3.8) is 0 Å². The number of hydrogen-bond acceptors (Lipinski definition) is 6. The highest BCUT2D eigenvalue weighted by Crippen LogP contribution is 2.26. The molecule has 4 rings (SSSR count). The molecule has 0 saturated heterocycles. The van der Waals surface area contributed by atoms with Crippen molar-refractivity contribution in [2.45, 2.75) is 0 Å². The van der Waals surface area contributed by atoms with Crippen molar-refractivity contribution in [3.05, 3.63) is 72.4 Å². The Labute approximate surface area is 149 Å². The monoisotopic (exact) mass is 346 g/mol. The number of carbonyl (C=O) groups excluding carboxylic acids is 1. The molecule has 0 amide bonds. The molecule has 0 spiro atoms. The molecule has 4 aromatic rings. The third-order valence-corrected chi connectivity index (χ3v) is 3.78. The maximum absolute atomic E-state index is 12.3. The maximum atomic E-state index is 12.3. The number of esters is 1. The van der Waals surface area contributed by atoms with Crippen molar-refractivity contribution in [2.24, 2.45) is 0 Å². The number of pyridine rings is 1. The number of aromatic nitrogens is 2. The molecule has 6 nitrogen and oxygen atoms in total. The molecule has 0 N–H and O–H groups in total. The Morgan fingerprint density at radius 1 is 1.00 bits per heavy atom. The first-order valence-corrected chi connectivity index (χ1v) is 7.91. The van der Waals surface area contributed by atoms with Gasteiger partial charge in [0.15, 0.2) is 5.58 Å². The van der Waals surface area contributed by atoms with Crippen LogP contribution in [0.5, 0.6) is 11.5 Å². The second kappa shape index (κ2) is 6.68. The van der Waals surface area contributed by atoms with Crippen LogP contribution in [0.1, 0.15) is 10.4 Å². The van der Waals surface area contributed by atoms with Gasteiger partial charge >= 0.3 is 5.97 Å². The minimum Gasteiger partial charge on any atom is -0.497 e. The molecule has 128 valence electrons. The van der Waals surface area contributed by atoms with E-state index in [0.717, 1.165) is 0 Å². The van der Waals surface area contributed by atoms with E-state index in [1.165, 1.54) is 0 Å². The Morgan fingerprint density at radius 3 is 2.54 bits per heavy atom. The first-order valence-electron chi connectivity index (χ1n) is 7.91. The third-order valence-electron chi connectivity index (χ3n) is 3.78. The molecule has 0 aliphatic heterocycles. The number of methoxy groups -OCH3 is 1. The SMILES string of the molecule is COc1ccc(C(=O)Oc2ccc3nc(-c4ccccn4)oc3c2)cc1. The quantitative estimate of drug-likeness (QED) is 0.409. The first kappa shape index (κ1) is 15.8. The molecule has 0 atom stereocenters. The summed E-state index contributed by atoms with van der Waals surface area (Å²) in [5.74, 6) is 1.00. The lowest BCUT2D eigenvalue weighted by Crippen LogP contribution is -2.08. The van der Waals surface area contributed by atoms with Gasteiger partial charge in [-0.1, -0.05) is 6.07 Å². The molecule has 26 heavy (non-hydrogen) atoms. The number of oxazole rings is 1. The van der Waals surface area contributed by atoms with Crippen LogP contribution in [0, 0.1) is 0 Å². The summed E-state index contributed by atoms with van der Waals surface area (Å²) in [6.45, 7) is 0. The zero-order valence-electron chi connectivity index (χ0n) is 13.9. The van der Waals surface area contributed by atoms with E-state index in [0.29, 0.717) is 39.7 Å². The molecule has 0 bridgehead atoms. The Hall–Kier alpha value is -3.67. The summed E-state index contributed by atoms with van der Waals surface area (Å²) in [4.78, 5) is 20.9. The van der Waals surface area contributed by atoms with Gasteiger partial charge < -0.3 is 13.9 Å². The van der Waals surface area contributed by atoms with Crippen LogP contribution in [-0.4, -0.2) is 23.0 Å². The first-order chi connectivity index (χ1) is 12.7. The van der Waals surface area contributed by atoms with Gasteiger partial charge in [0.1, 0.15) is 22.7 Å². The predicted octanol–water partition coefficient (Wildman–Crippen LogP) is 4.12. The number of hydrogen-bond donors (Lipinski definition) is 0. The summed E-state index contributed by atoms with van der Waals surface area (Å²) in [5, 5.41) is 0. The zero-order valence-corrected chi connectivity index (χ0v) is 13.9. The fourth-order valence-electron chi connectivity index (χ4n) is 2.46. The Balaban J connectivity index is 1.58. The van der Waals surface area contributed by atoms with E-state index in [4.69, 9.17) is 13.9 Å². The highest BCUT2D eigenvalue weighted by atomic mass is 16.5. The minimum absolute atomic E-state index is 0.377. The normalized spacial score (nSPS) is 10.7. The fraction of sp³-hybridized carbons (Fsp3) is 0.0500. The van der Waals surface area contributed by atoms with Crippen molar-refractivity contribution in [1.29, 1.82) is 0 Å². The van der Waals surface area contributed by atoms with Crippen LogP contribution >= 0.6 is 0 Å². The average molecular weight is 346 g/mol. The van der Waals surface area contributed by atoms with Gasteiger partial charge in [-0.15, -0.1) is 0 Å². The summed E-state index contributed by atoms with van der Waals surface area (Å²) >= 11 is 0. The molecule has 0 radical (unpaired) electrons. The summed E-state index contributed by atoms with van der Waals surface area (Å²) in [6.07, 6.45) is 1.67. The molecule has 0 saturated carbocycles. The Bertz CT molecular complexity index is 1060. The average Bonchev–Trinajstić information content (AvgIpc) is 3.12. The molecule has 0 unspecified atom stereocenters. The van der Waals surface area contributed by atoms with Crippen molar-refractivity contribution in [1.82, 2.24) is 9.97 Å². The number of carbonyl (C=O) groups is 1. The van der Waals surface area contributed by atoms with Gasteiger partial charge in [0.2, 0.25) is 5.89 Å². The number of fused-ring (bicyclic) bond motifs is 1. The van der Waals surface area contributed by atoms with Gasteiger partial charge in [0.05, 0.1) is 12.7 Å². The van der Waals surface area contributed by atoms with Gasteiger partial charge in [-0.3, -0.25) is 4.98 Å². The molecular formula is C20H14N2O4. The highest BCUT2D eigenvalue weighted by molar-refractivity contribution is 5.91. The van der Waals surface area contributed by atoms with Crippen molar-refractivity contribution in [3.8, 4) is 23.1 Å². The summed E-state index contributed by atoms with van der Waals surface area (Å²) in [5.41, 5.74) is 2.25. The lowest BCUT2D eigenvalue weighted by molar-refractivity contribution is 0.0735. The zero-order chi connectivity index (χ0) is 17.9. The van der Waals surface area contributed by atoms with Crippen LogP contribution < -0.4 is 9.47 Å². The number of rotatable bonds is 4. The largest absolute Gasteiger partial charge is 0.497 e. The van der Waals surface area contributed by atoms with E-state index < -0.39 is 5.97 Å². The van der Waals surface area contributed by atoms with Gasteiger partial charge in [0, 0.05) is 12.3 Å². The Kier molecular flexibility index (Phi) is 4.07. The van der Waals surface area contributed by atoms with E-state index in [1.807, 2.05) is 18.2 Å². The lowest BCUT2D eigenvalue weighted by Gasteiger charge is -2.05. The van der Waals surface area contributed by atoms with Crippen LogP contribution in [0.25, 0.3) is 22.7 Å². The van der Waals surface area contributed by atoms with E-state index in [-0.39, 0.29) is 0 Å². The van der Waals surface area contributed by atoms with Gasteiger partial charge in [-0.05, 0) is 48.5 Å². The standard InChI is InChI=1S/C20H14N2O4/c1-24-14-7-5-13(6-8-14)20(23)25-15-9-10-16-18(12-15)26-19(22-16)17-4-2-3-11-21-17/h2-12H,1H3. The molecule has 0 aliphatic rings. The molecule has 0 fully saturated rings. The van der Waals surface area contributed by atoms with Crippen LogP contribution in [0.4, 0.5) is 0 Å². The summed E-state index contributed by atoms with van der Waals surface area (Å²) in [7, 11) is 1.57. The van der Waals surface area contributed by atoms with Gasteiger partial charge in [-0.2, -0.15) is 0 Å². The molecule has 2 aromatic carbocycles. The van der Waals surface area contributed by atoms with Crippen molar-refractivity contribution < 1.29 is 18.7 Å². The minimum atomic E-state index is -0.462. The number of ether oxygens (including phenoxy) is 2. The van der Waals surface area contributed by atoms with E-state index in [2.05, 4.69) is 9.97 Å². The van der Waals surface area contributed by atoms with Crippen LogP contribution in [0.3, 0.4) is 0 Å². The molecule has 2 heterocycles. The molecule has 2 aromatic heterocycles. The molecule has 0 aliphatic carbocycles. The topological polar surface area (TPSA) is 74.5 Å². The lowest BCUT2D eigenvalue weighted by atomic mass is 10.2. The fourth-order valence-corrected chi connectivity index (χ4v) is 2.46. The van der Waals surface area contributed by atoms with Gasteiger partial charge in [-0.25, -0.2) is 9.78 Å². The number of nitrogens with zero attached hydrogens (tertiary/aromatic N) is 2. The van der Waals surface area contributed by atoms with Crippen molar-refractivity contribution >= 4 is 17.1 Å². The van der Waals surface area contributed by atoms with E-state index >= 15 is 0 Å². The summed E-state index contributed by atoms with van der Waals surface area (Å²) in [6, 6.07) is 17.2. The van der Waals surface area contributed by atoms with E-state index in [1.54, 1.807) is 55.8 Å². The second-order valence-electron chi connectivity index (χ2n) is 5.48. The van der Waals surface area contributed by atoms with Crippen LogP contribution in [0.15, 0.2) is 71.3 Å². The van der Waals surface area contributed by atoms with Crippen LogP contribution in [-0.2, 0) is 0 Å². The maximum Gasteiger partial charge on any atom is 0.343 e. The number of benzene rings is 2. The third kappa shape index (κ3) is 3.12. The predicted molar refractivity (Wildman–Crippen MR) is 95.2 cm³/mol. The van der Waals surface area contributed by atoms with Crippen LogP contribution in [0.2, 0.25) is 0 Å². The summed E-state index contributed by atoms with van der Waals surface area (Å²) < 4.78 is 16.2. The van der Waals surface area contributed by atoms with Gasteiger partial charge in [0.25, 0.3) is 0 Å².